The van der Waals surface area contributed by atoms with Gasteiger partial charge in [0.15, 0.2) is 0 Å². The van der Waals surface area contributed by atoms with Crippen molar-refractivity contribution >= 4 is 39.9 Å². The Balaban J connectivity index is 1.93. The van der Waals surface area contributed by atoms with Crippen LogP contribution in [0.5, 0.6) is 0 Å². The van der Waals surface area contributed by atoms with Crippen molar-refractivity contribution in [2.75, 3.05) is 0 Å². The van der Waals surface area contributed by atoms with Crippen molar-refractivity contribution in [3.05, 3.63) is 100 Å². The van der Waals surface area contributed by atoms with Gasteiger partial charge in [-0.15, -0.1) is 0 Å². The zero-order valence-corrected chi connectivity index (χ0v) is 15.1. The molecule has 1 aromatic heterocycles. The van der Waals surface area contributed by atoms with Crippen LogP contribution in [-0.2, 0) is 0 Å². The minimum atomic E-state index is -0.141. The monoisotopic (exact) mass is 377 g/mol. The highest BCUT2D eigenvalue weighted by Gasteiger charge is 2.18. The molecular formula is C22H13Cl2NO. The average Bonchev–Trinajstić information content (AvgIpc) is 2.68. The number of hydrogen-bond donors (Lipinski definition) is 0. The molecule has 26 heavy (non-hydrogen) atoms. The van der Waals surface area contributed by atoms with Gasteiger partial charge in [0.2, 0.25) is 5.78 Å². The Morgan fingerprint density at radius 2 is 1.38 bits per heavy atom. The lowest BCUT2D eigenvalue weighted by Crippen LogP contribution is -2.07. The number of hydrogen-bond acceptors (Lipinski definition) is 2. The largest absolute Gasteiger partial charge is 0.287 e. The molecule has 0 aliphatic rings. The Morgan fingerprint density at radius 3 is 2.08 bits per heavy atom. The molecule has 126 valence electrons. The van der Waals surface area contributed by atoms with E-state index in [1.54, 1.807) is 24.3 Å². The van der Waals surface area contributed by atoms with Gasteiger partial charge in [-0.2, -0.15) is 0 Å². The summed E-state index contributed by atoms with van der Waals surface area (Å²) in [5, 5.41) is 2.21. The van der Waals surface area contributed by atoms with E-state index in [2.05, 4.69) is 4.98 Å². The fourth-order valence-corrected chi connectivity index (χ4v) is 3.13. The quantitative estimate of drug-likeness (QED) is 0.384. The molecule has 3 aromatic carbocycles. The molecule has 0 N–H and O–H groups in total. The van der Waals surface area contributed by atoms with Crippen LogP contribution in [0.4, 0.5) is 0 Å². The van der Waals surface area contributed by atoms with Gasteiger partial charge >= 0.3 is 0 Å². The lowest BCUT2D eigenvalue weighted by atomic mass is 9.97. The molecule has 4 heteroatoms. The molecule has 0 amide bonds. The van der Waals surface area contributed by atoms with Crippen molar-refractivity contribution < 1.29 is 4.79 Å². The van der Waals surface area contributed by atoms with E-state index in [-0.39, 0.29) is 5.78 Å². The molecule has 0 fully saturated rings. The molecule has 4 aromatic rings. The molecule has 4 rings (SSSR count). The number of carbonyl (C=O) groups excluding carboxylic acids is 1. The van der Waals surface area contributed by atoms with Crippen LogP contribution >= 0.6 is 23.2 Å². The van der Waals surface area contributed by atoms with Gasteiger partial charge in [0.25, 0.3) is 0 Å². The fourth-order valence-electron chi connectivity index (χ4n) is 2.88. The maximum atomic E-state index is 13.1. The first-order chi connectivity index (χ1) is 12.6. The summed E-state index contributed by atoms with van der Waals surface area (Å²) in [7, 11) is 0. The predicted molar refractivity (Wildman–Crippen MR) is 107 cm³/mol. The van der Waals surface area contributed by atoms with Gasteiger partial charge in [-0.3, -0.25) is 4.79 Å². The summed E-state index contributed by atoms with van der Waals surface area (Å²) in [6.07, 6.45) is 0. The molecule has 0 saturated heterocycles. The maximum Gasteiger partial charge on any atom is 0.212 e. The summed E-state index contributed by atoms with van der Waals surface area (Å²) in [6.45, 7) is 0. The Labute approximate surface area is 161 Å². The minimum absolute atomic E-state index is 0.141. The number of halogens is 2. The number of ketones is 1. The van der Waals surface area contributed by atoms with E-state index < -0.39 is 0 Å². The number of benzene rings is 3. The molecule has 0 bridgehead atoms. The predicted octanol–water partition coefficient (Wildman–Crippen LogP) is 6.44. The lowest BCUT2D eigenvalue weighted by Gasteiger charge is -2.11. The molecule has 1 heterocycles. The van der Waals surface area contributed by atoms with Gasteiger partial charge in [-0.1, -0.05) is 53.5 Å². The van der Waals surface area contributed by atoms with Gasteiger partial charge in [0.1, 0.15) is 5.69 Å². The molecule has 0 aliphatic carbocycles. The first-order valence-electron chi connectivity index (χ1n) is 8.08. The summed E-state index contributed by atoms with van der Waals surface area (Å²) in [6, 6.07) is 24.0. The average molecular weight is 378 g/mol. The topological polar surface area (TPSA) is 30.0 Å². The van der Waals surface area contributed by atoms with Gasteiger partial charge in [0.05, 0.1) is 5.52 Å². The van der Waals surface area contributed by atoms with Crippen molar-refractivity contribution in [3.63, 3.8) is 0 Å². The van der Waals surface area contributed by atoms with Crippen molar-refractivity contribution in [3.8, 4) is 11.1 Å². The van der Waals surface area contributed by atoms with Crippen molar-refractivity contribution in [2.45, 2.75) is 0 Å². The van der Waals surface area contributed by atoms with Gasteiger partial charge in [-0.25, -0.2) is 4.98 Å². The molecule has 0 atom stereocenters. The number of nitrogens with zero attached hydrogens (tertiary/aromatic N) is 1. The third-order valence-corrected chi connectivity index (χ3v) is 4.70. The summed E-state index contributed by atoms with van der Waals surface area (Å²) in [4.78, 5) is 17.8. The first kappa shape index (κ1) is 16.8. The number of rotatable bonds is 3. The zero-order valence-electron chi connectivity index (χ0n) is 13.6. The Hall–Kier alpha value is -2.68. The highest BCUT2D eigenvalue weighted by molar-refractivity contribution is 6.31. The molecular weight excluding hydrogens is 365 g/mol. The van der Waals surface area contributed by atoms with E-state index in [1.807, 2.05) is 54.6 Å². The number of aromatic nitrogens is 1. The van der Waals surface area contributed by atoms with E-state index in [0.717, 1.165) is 22.0 Å². The van der Waals surface area contributed by atoms with Gasteiger partial charge in [0, 0.05) is 26.6 Å². The third-order valence-electron chi connectivity index (χ3n) is 4.20. The van der Waals surface area contributed by atoms with Crippen LogP contribution in [0.15, 0.2) is 78.9 Å². The molecule has 2 nitrogen and oxygen atoms in total. The summed E-state index contributed by atoms with van der Waals surface area (Å²) in [5.41, 5.74) is 3.41. The smallest absolute Gasteiger partial charge is 0.212 e. The van der Waals surface area contributed by atoms with Gasteiger partial charge in [-0.05, 0) is 54.1 Å². The highest BCUT2D eigenvalue weighted by atomic mass is 35.5. The summed E-state index contributed by atoms with van der Waals surface area (Å²) in [5.74, 6) is -0.141. The van der Waals surface area contributed by atoms with Crippen LogP contribution in [0.25, 0.3) is 22.0 Å². The molecule has 0 radical (unpaired) electrons. The van der Waals surface area contributed by atoms with Crippen molar-refractivity contribution in [1.82, 2.24) is 4.98 Å². The number of carbonyl (C=O) groups is 1. The van der Waals surface area contributed by atoms with Crippen LogP contribution in [0.3, 0.4) is 0 Å². The molecule has 0 saturated carbocycles. The van der Waals surface area contributed by atoms with Gasteiger partial charge < -0.3 is 0 Å². The number of fused-ring (bicyclic) bond motifs is 1. The van der Waals surface area contributed by atoms with E-state index in [4.69, 9.17) is 23.2 Å². The third kappa shape index (κ3) is 3.22. The molecule has 0 spiro atoms. The van der Waals surface area contributed by atoms with Crippen molar-refractivity contribution in [1.29, 1.82) is 0 Å². The van der Waals surface area contributed by atoms with E-state index in [9.17, 15) is 4.79 Å². The second kappa shape index (κ2) is 6.91. The van der Waals surface area contributed by atoms with Crippen molar-refractivity contribution in [2.24, 2.45) is 0 Å². The molecule has 0 unspecified atom stereocenters. The fraction of sp³-hybridized carbons (Fsp3) is 0. The first-order valence-corrected chi connectivity index (χ1v) is 8.83. The summed E-state index contributed by atoms with van der Waals surface area (Å²) >= 11 is 12.0. The Morgan fingerprint density at radius 1 is 0.769 bits per heavy atom. The Kier molecular flexibility index (Phi) is 4.46. The van der Waals surface area contributed by atoms with Crippen LogP contribution < -0.4 is 0 Å². The van der Waals surface area contributed by atoms with E-state index in [0.29, 0.717) is 21.3 Å². The summed E-state index contributed by atoms with van der Waals surface area (Å²) < 4.78 is 0. The normalized spacial score (nSPS) is 10.8. The standard InChI is InChI=1S/C22H13Cl2NO/c23-17-9-5-14(6-10-17)19-13-16-3-1-2-4-20(16)25-21(19)22(26)15-7-11-18(24)12-8-15/h1-13H. The van der Waals surface area contributed by atoms with Crippen LogP contribution in [0, 0.1) is 0 Å². The second-order valence-electron chi connectivity index (χ2n) is 5.92. The number of para-hydroxylation sites is 1. The van der Waals surface area contributed by atoms with E-state index >= 15 is 0 Å². The second-order valence-corrected chi connectivity index (χ2v) is 6.79. The SMILES string of the molecule is O=C(c1ccc(Cl)cc1)c1nc2ccccc2cc1-c1ccc(Cl)cc1. The lowest BCUT2D eigenvalue weighted by molar-refractivity contribution is 0.103. The number of pyridine rings is 1. The maximum absolute atomic E-state index is 13.1. The van der Waals surface area contributed by atoms with Crippen LogP contribution in [-0.4, -0.2) is 10.8 Å². The highest BCUT2D eigenvalue weighted by Crippen LogP contribution is 2.29. The van der Waals surface area contributed by atoms with E-state index in [1.165, 1.54) is 0 Å². The van der Waals surface area contributed by atoms with Crippen LogP contribution in [0.1, 0.15) is 16.1 Å². The Bertz CT molecular complexity index is 1100. The minimum Gasteiger partial charge on any atom is -0.287 e. The molecule has 0 aliphatic heterocycles. The van der Waals surface area contributed by atoms with Crippen LogP contribution in [0.2, 0.25) is 10.0 Å². The zero-order chi connectivity index (χ0) is 18.1.